The average Bonchev–Trinajstić information content (AvgIpc) is 2.57. The van der Waals surface area contributed by atoms with Gasteiger partial charge in [0.2, 0.25) is 5.91 Å². The molecule has 0 aromatic heterocycles. The maximum absolute atomic E-state index is 11.4. The number of amides is 1. The summed E-state index contributed by atoms with van der Waals surface area (Å²) in [5.41, 5.74) is 0. The Balaban J connectivity index is 2.70. The van der Waals surface area contributed by atoms with Gasteiger partial charge in [0.15, 0.2) is 6.29 Å². The van der Waals surface area contributed by atoms with Crippen molar-refractivity contribution in [2.24, 2.45) is 0 Å². The third-order valence-corrected chi connectivity index (χ3v) is 4.70. The van der Waals surface area contributed by atoms with Crippen LogP contribution in [0.1, 0.15) is 52.4 Å². The van der Waals surface area contributed by atoms with Crippen LogP contribution >= 0.6 is 0 Å². The van der Waals surface area contributed by atoms with Crippen molar-refractivity contribution in [3.05, 3.63) is 0 Å². The molecular formula is C16H31NO9S. The van der Waals surface area contributed by atoms with Gasteiger partial charge >= 0.3 is 10.4 Å². The van der Waals surface area contributed by atoms with E-state index in [0.29, 0.717) is 6.61 Å². The predicted molar refractivity (Wildman–Crippen MR) is 95.1 cm³/mol. The minimum atomic E-state index is -4.91. The van der Waals surface area contributed by atoms with E-state index in [0.717, 1.165) is 32.1 Å². The minimum absolute atomic E-state index is 0.307. The second-order valence-electron chi connectivity index (χ2n) is 6.57. The largest absolute Gasteiger partial charge is 0.397 e. The number of hydrogen-bond donors (Lipinski definition) is 4. The number of carbonyl (C=O) groups excluding carboxylic acids is 1. The minimum Gasteiger partial charge on any atom is -0.394 e. The van der Waals surface area contributed by atoms with Crippen molar-refractivity contribution in [1.82, 2.24) is 5.32 Å². The molecule has 27 heavy (non-hydrogen) atoms. The van der Waals surface area contributed by atoms with E-state index in [9.17, 15) is 23.4 Å². The quantitative estimate of drug-likeness (QED) is 0.258. The molecule has 160 valence electrons. The molecule has 11 heteroatoms. The molecule has 0 bridgehead atoms. The summed E-state index contributed by atoms with van der Waals surface area (Å²) in [5, 5.41) is 22.3. The van der Waals surface area contributed by atoms with Crippen molar-refractivity contribution in [2.75, 3.05) is 13.2 Å². The smallest absolute Gasteiger partial charge is 0.394 e. The normalized spacial score (nSPS) is 28.9. The molecule has 0 saturated carbocycles. The highest BCUT2D eigenvalue weighted by Crippen LogP contribution is 2.26. The van der Waals surface area contributed by atoms with Gasteiger partial charge in [-0.1, -0.05) is 39.0 Å². The molecule has 4 N–H and O–H groups in total. The Morgan fingerprint density at radius 1 is 1.19 bits per heavy atom. The summed E-state index contributed by atoms with van der Waals surface area (Å²) in [4.78, 5) is 11.4. The van der Waals surface area contributed by atoms with Gasteiger partial charge in [-0.05, 0) is 6.42 Å². The zero-order valence-electron chi connectivity index (χ0n) is 15.7. The monoisotopic (exact) mass is 413 g/mol. The molecule has 10 nitrogen and oxygen atoms in total. The van der Waals surface area contributed by atoms with Crippen molar-refractivity contribution < 1.29 is 41.6 Å². The van der Waals surface area contributed by atoms with Gasteiger partial charge < -0.3 is 25.0 Å². The van der Waals surface area contributed by atoms with Crippen molar-refractivity contribution in [3.8, 4) is 0 Å². The molecule has 1 aliphatic heterocycles. The first-order valence-corrected chi connectivity index (χ1v) is 10.5. The van der Waals surface area contributed by atoms with Crippen molar-refractivity contribution in [3.63, 3.8) is 0 Å². The molecule has 0 radical (unpaired) electrons. The van der Waals surface area contributed by atoms with E-state index in [-0.39, 0.29) is 0 Å². The summed E-state index contributed by atoms with van der Waals surface area (Å²) >= 11 is 0. The maximum Gasteiger partial charge on any atom is 0.397 e. The van der Waals surface area contributed by atoms with E-state index >= 15 is 0 Å². The third kappa shape index (κ3) is 8.81. The van der Waals surface area contributed by atoms with Crippen LogP contribution in [0.4, 0.5) is 0 Å². The Kier molecular flexibility index (Phi) is 10.7. The van der Waals surface area contributed by atoms with Gasteiger partial charge in [-0.15, -0.1) is 0 Å². The summed E-state index contributed by atoms with van der Waals surface area (Å²) in [6, 6.07) is -1.13. The number of hydrogen-bond acceptors (Lipinski definition) is 8. The van der Waals surface area contributed by atoms with Crippen LogP contribution in [0.3, 0.4) is 0 Å². The second kappa shape index (κ2) is 11.9. The second-order valence-corrected chi connectivity index (χ2v) is 7.62. The molecule has 0 unspecified atom stereocenters. The zero-order valence-corrected chi connectivity index (χ0v) is 16.6. The molecule has 5 atom stereocenters. The summed E-state index contributed by atoms with van der Waals surface area (Å²) in [6.45, 7) is 2.98. The lowest BCUT2D eigenvalue weighted by molar-refractivity contribution is -0.265. The molecule has 1 fully saturated rings. The van der Waals surface area contributed by atoms with Crippen LogP contribution in [-0.4, -0.2) is 72.9 Å². The first-order chi connectivity index (χ1) is 12.7. The number of ether oxygens (including phenoxy) is 2. The van der Waals surface area contributed by atoms with E-state index in [1.165, 1.54) is 13.3 Å². The van der Waals surface area contributed by atoms with Crippen LogP contribution in [0.15, 0.2) is 0 Å². The summed E-state index contributed by atoms with van der Waals surface area (Å²) < 4.78 is 46.4. The summed E-state index contributed by atoms with van der Waals surface area (Å²) in [5.74, 6) is -0.496. The Hall–Kier alpha value is -0.820. The number of aliphatic hydroxyl groups excluding tert-OH is 2. The highest BCUT2D eigenvalue weighted by atomic mass is 32.3. The van der Waals surface area contributed by atoms with Gasteiger partial charge in [0, 0.05) is 13.5 Å². The van der Waals surface area contributed by atoms with Gasteiger partial charge in [-0.3, -0.25) is 9.35 Å². The standard InChI is InChI=1S/C16H31NO9S/c1-3-4-5-6-7-8-9-24-16-13(17-11(2)19)14(20)15(12(10-18)25-16)26-27(21,22)23/h12-16,18,20H,3-10H2,1-2H3,(H,17,19)(H,21,22,23)/t12-,13-,14-,15+,16-/m1/s1. The van der Waals surface area contributed by atoms with E-state index in [1.54, 1.807) is 0 Å². The summed E-state index contributed by atoms with van der Waals surface area (Å²) in [7, 11) is -4.91. The molecule has 0 aromatic rings. The van der Waals surface area contributed by atoms with Gasteiger partial charge in [0.25, 0.3) is 0 Å². The third-order valence-electron chi connectivity index (χ3n) is 4.24. The van der Waals surface area contributed by atoms with E-state index < -0.39 is 53.6 Å². The van der Waals surface area contributed by atoms with Crippen LogP contribution < -0.4 is 5.32 Å². The number of carbonyl (C=O) groups is 1. The van der Waals surface area contributed by atoms with Gasteiger partial charge in [0.1, 0.15) is 24.4 Å². The molecular weight excluding hydrogens is 382 g/mol. The lowest BCUT2D eigenvalue weighted by Gasteiger charge is -2.43. The van der Waals surface area contributed by atoms with E-state index in [1.807, 2.05) is 0 Å². The van der Waals surface area contributed by atoms with Crippen LogP contribution in [0.25, 0.3) is 0 Å². The number of nitrogens with one attached hydrogen (secondary N) is 1. The number of unbranched alkanes of at least 4 members (excludes halogenated alkanes) is 5. The highest BCUT2D eigenvalue weighted by Gasteiger charge is 2.48. The zero-order chi connectivity index (χ0) is 20.4. The lowest BCUT2D eigenvalue weighted by atomic mass is 9.97. The molecule has 0 aromatic carbocycles. The van der Waals surface area contributed by atoms with Crippen LogP contribution in [-0.2, 0) is 28.9 Å². The molecule has 0 aliphatic carbocycles. The van der Waals surface area contributed by atoms with Crippen molar-refractivity contribution in [1.29, 1.82) is 0 Å². The molecule has 1 amide bonds. The number of rotatable bonds is 12. The Bertz CT molecular complexity index is 542. The molecule has 1 heterocycles. The topological polar surface area (TPSA) is 152 Å². The fraction of sp³-hybridized carbons (Fsp3) is 0.938. The maximum atomic E-state index is 11.4. The van der Waals surface area contributed by atoms with Crippen LogP contribution in [0.5, 0.6) is 0 Å². The van der Waals surface area contributed by atoms with E-state index in [4.69, 9.17) is 14.0 Å². The molecule has 1 saturated heterocycles. The average molecular weight is 413 g/mol. The van der Waals surface area contributed by atoms with Gasteiger partial charge in [-0.2, -0.15) is 8.42 Å². The Labute approximate surface area is 160 Å². The fourth-order valence-corrected chi connectivity index (χ4v) is 3.46. The summed E-state index contributed by atoms with van der Waals surface area (Å²) in [6.07, 6.45) is 0.703. The van der Waals surface area contributed by atoms with Gasteiger partial charge in [0.05, 0.1) is 6.61 Å². The first-order valence-electron chi connectivity index (χ1n) is 9.18. The van der Waals surface area contributed by atoms with E-state index in [2.05, 4.69) is 16.4 Å². The first kappa shape index (κ1) is 24.2. The molecule has 1 rings (SSSR count). The Morgan fingerprint density at radius 2 is 1.81 bits per heavy atom. The predicted octanol–water partition coefficient (Wildman–Crippen LogP) is 0.134. The van der Waals surface area contributed by atoms with Crippen LogP contribution in [0, 0.1) is 0 Å². The Morgan fingerprint density at radius 3 is 2.37 bits per heavy atom. The number of aliphatic hydroxyl groups is 2. The molecule has 1 aliphatic rings. The van der Waals surface area contributed by atoms with Crippen molar-refractivity contribution >= 4 is 16.3 Å². The highest BCUT2D eigenvalue weighted by molar-refractivity contribution is 7.80. The fourth-order valence-electron chi connectivity index (χ4n) is 2.94. The van der Waals surface area contributed by atoms with Crippen molar-refractivity contribution in [2.45, 2.75) is 83.0 Å². The van der Waals surface area contributed by atoms with Gasteiger partial charge in [-0.25, -0.2) is 4.18 Å². The lowest BCUT2D eigenvalue weighted by Crippen LogP contribution is -2.65. The molecule has 0 spiro atoms. The SMILES string of the molecule is CCCCCCCCO[C@@H]1O[C@H](CO)[C@H](OS(=O)(=O)O)[C@H](O)[C@H]1NC(C)=O. The van der Waals surface area contributed by atoms with Crippen LogP contribution in [0.2, 0.25) is 0 Å².